The molecule has 2 fully saturated rings. The van der Waals surface area contributed by atoms with E-state index in [2.05, 4.69) is 18.3 Å². The Bertz CT molecular complexity index is 309. The molecule has 2 saturated carbocycles. The summed E-state index contributed by atoms with van der Waals surface area (Å²) in [6, 6.07) is 4.56. The fraction of sp³-hybridized carbons (Fsp3) is 0.692. The Balaban J connectivity index is 1.73. The lowest BCUT2D eigenvalue weighted by molar-refractivity contribution is 0.299. The minimum absolute atomic E-state index is 0.456. The van der Waals surface area contributed by atoms with E-state index in [-0.39, 0.29) is 0 Å². The van der Waals surface area contributed by atoms with Crippen LogP contribution in [0.4, 0.5) is 0 Å². The number of rotatable bonds is 4. The third-order valence-electron chi connectivity index (χ3n) is 4.03. The molecule has 1 heterocycles. The van der Waals surface area contributed by atoms with Gasteiger partial charge in [0.2, 0.25) is 0 Å². The molecule has 0 saturated heterocycles. The first-order valence-corrected chi connectivity index (χ1v) is 6.15. The zero-order chi connectivity index (χ0) is 10.3. The van der Waals surface area contributed by atoms with Gasteiger partial charge in [0.15, 0.2) is 0 Å². The van der Waals surface area contributed by atoms with Gasteiger partial charge in [0, 0.05) is 0 Å². The van der Waals surface area contributed by atoms with E-state index in [0.717, 1.165) is 30.1 Å². The summed E-state index contributed by atoms with van der Waals surface area (Å²) < 4.78 is 5.55. The highest BCUT2D eigenvalue weighted by Gasteiger charge is 2.48. The van der Waals surface area contributed by atoms with Gasteiger partial charge in [-0.1, -0.05) is 6.92 Å². The second-order valence-corrected chi connectivity index (χ2v) is 5.04. The number of hydrogen-bond donors (Lipinski definition) is 1. The molecular formula is C13H19NO. The molecule has 2 aliphatic carbocycles. The summed E-state index contributed by atoms with van der Waals surface area (Å²) in [5.41, 5.74) is 0. The van der Waals surface area contributed by atoms with E-state index in [1.54, 1.807) is 6.26 Å². The molecular weight excluding hydrogens is 186 g/mol. The van der Waals surface area contributed by atoms with Crippen LogP contribution in [0.5, 0.6) is 0 Å². The molecule has 0 aromatic carbocycles. The van der Waals surface area contributed by atoms with Crippen molar-refractivity contribution in [1.82, 2.24) is 5.32 Å². The molecule has 2 aliphatic rings. The molecule has 3 atom stereocenters. The monoisotopic (exact) mass is 205 g/mol. The molecule has 1 aromatic heterocycles. The largest absolute Gasteiger partial charge is 0.468 e. The molecule has 82 valence electrons. The van der Waals surface area contributed by atoms with E-state index >= 15 is 0 Å². The highest BCUT2D eigenvalue weighted by molar-refractivity contribution is 5.09. The molecule has 0 amide bonds. The molecule has 2 nitrogen and oxygen atoms in total. The molecule has 1 N–H and O–H groups in total. The van der Waals surface area contributed by atoms with E-state index in [1.807, 2.05) is 6.07 Å². The van der Waals surface area contributed by atoms with Crippen LogP contribution in [0.15, 0.2) is 22.8 Å². The lowest BCUT2D eigenvalue weighted by Crippen LogP contribution is -2.27. The van der Waals surface area contributed by atoms with Crippen LogP contribution in [-0.4, -0.2) is 6.54 Å². The van der Waals surface area contributed by atoms with Crippen molar-refractivity contribution < 1.29 is 4.42 Å². The minimum atomic E-state index is 0.456. The fourth-order valence-electron chi connectivity index (χ4n) is 3.22. The average molecular weight is 205 g/mol. The minimum Gasteiger partial charge on any atom is -0.468 e. The second kappa shape index (κ2) is 3.67. The summed E-state index contributed by atoms with van der Waals surface area (Å²) >= 11 is 0. The Morgan fingerprint density at radius 2 is 2.20 bits per heavy atom. The molecule has 2 heteroatoms. The van der Waals surface area contributed by atoms with Gasteiger partial charge >= 0.3 is 0 Å². The number of furan rings is 1. The first-order chi connectivity index (χ1) is 7.38. The SMILES string of the molecule is CCNC(c1ccco1)C1CC2CC2C1. The Labute approximate surface area is 91.0 Å². The standard InChI is InChI=1S/C13H19NO/c1-2-14-13(12-4-3-5-15-12)11-7-9-6-10(9)8-11/h3-5,9-11,13-14H,2,6-8H2,1H3. The Morgan fingerprint density at radius 1 is 1.40 bits per heavy atom. The summed E-state index contributed by atoms with van der Waals surface area (Å²) in [5.74, 6) is 4.03. The molecule has 3 unspecified atom stereocenters. The predicted octanol–water partition coefficient (Wildman–Crippen LogP) is 2.98. The van der Waals surface area contributed by atoms with Gasteiger partial charge in [0.1, 0.15) is 5.76 Å². The van der Waals surface area contributed by atoms with Crippen molar-refractivity contribution in [2.45, 2.75) is 32.2 Å². The molecule has 0 aliphatic heterocycles. The molecule has 15 heavy (non-hydrogen) atoms. The van der Waals surface area contributed by atoms with Gasteiger partial charge in [-0.05, 0) is 55.7 Å². The Morgan fingerprint density at radius 3 is 2.80 bits per heavy atom. The van der Waals surface area contributed by atoms with Crippen LogP contribution in [0.2, 0.25) is 0 Å². The first-order valence-electron chi connectivity index (χ1n) is 6.15. The van der Waals surface area contributed by atoms with Gasteiger partial charge < -0.3 is 9.73 Å². The third kappa shape index (κ3) is 1.71. The van der Waals surface area contributed by atoms with Gasteiger partial charge in [0.05, 0.1) is 12.3 Å². The fourth-order valence-corrected chi connectivity index (χ4v) is 3.22. The zero-order valence-electron chi connectivity index (χ0n) is 9.28. The van der Waals surface area contributed by atoms with Crippen LogP contribution >= 0.6 is 0 Å². The van der Waals surface area contributed by atoms with Crippen molar-refractivity contribution in [2.75, 3.05) is 6.54 Å². The van der Waals surface area contributed by atoms with E-state index in [9.17, 15) is 0 Å². The summed E-state index contributed by atoms with van der Waals surface area (Å²) in [5, 5.41) is 3.57. The van der Waals surface area contributed by atoms with E-state index < -0.39 is 0 Å². The Hall–Kier alpha value is -0.760. The molecule has 0 bridgehead atoms. The zero-order valence-corrected chi connectivity index (χ0v) is 9.28. The van der Waals surface area contributed by atoms with Crippen LogP contribution in [0.1, 0.15) is 38.0 Å². The van der Waals surface area contributed by atoms with Crippen LogP contribution in [0, 0.1) is 17.8 Å². The van der Waals surface area contributed by atoms with Crippen molar-refractivity contribution in [1.29, 1.82) is 0 Å². The predicted molar refractivity (Wildman–Crippen MR) is 59.4 cm³/mol. The molecule has 0 radical (unpaired) electrons. The van der Waals surface area contributed by atoms with Crippen LogP contribution in [0.3, 0.4) is 0 Å². The second-order valence-electron chi connectivity index (χ2n) is 5.04. The average Bonchev–Trinajstić information content (AvgIpc) is 2.75. The summed E-state index contributed by atoms with van der Waals surface area (Å²) in [4.78, 5) is 0. The van der Waals surface area contributed by atoms with Crippen molar-refractivity contribution in [3.05, 3.63) is 24.2 Å². The smallest absolute Gasteiger partial charge is 0.120 e. The van der Waals surface area contributed by atoms with E-state index in [4.69, 9.17) is 4.42 Å². The first kappa shape index (κ1) is 9.46. The van der Waals surface area contributed by atoms with Crippen molar-refractivity contribution in [3.63, 3.8) is 0 Å². The van der Waals surface area contributed by atoms with Gasteiger partial charge in [-0.25, -0.2) is 0 Å². The highest BCUT2D eigenvalue weighted by Crippen LogP contribution is 2.57. The lowest BCUT2D eigenvalue weighted by atomic mass is 9.92. The normalized spacial score (nSPS) is 35.1. The summed E-state index contributed by atoms with van der Waals surface area (Å²) in [6.07, 6.45) is 6.09. The summed E-state index contributed by atoms with van der Waals surface area (Å²) in [7, 11) is 0. The van der Waals surface area contributed by atoms with Crippen molar-refractivity contribution >= 4 is 0 Å². The van der Waals surface area contributed by atoms with Gasteiger partial charge in [-0.2, -0.15) is 0 Å². The van der Waals surface area contributed by atoms with Crippen LogP contribution in [0.25, 0.3) is 0 Å². The topological polar surface area (TPSA) is 25.2 Å². The van der Waals surface area contributed by atoms with Gasteiger partial charge in [-0.3, -0.25) is 0 Å². The Kier molecular flexibility index (Phi) is 2.32. The number of fused-ring (bicyclic) bond motifs is 1. The lowest BCUT2D eigenvalue weighted by Gasteiger charge is -2.23. The van der Waals surface area contributed by atoms with Crippen molar-refractivity contribution in [3.8, 4) is 0 Å². The molecule has 3 rings (SSSR count). The van der Waals surface area contributed by atoms with Gasteiger partial charge in [0.25, 0.3) is 0 Å². The molecule has 1 aromatic rings. The van der Waals surface area contributed by atoms with Crippen LogP contribution in [-0.2, 0) is 0 Å². The van der Waals surface area contributed by atoms with Crippen LogP contribution < -0.4 is 5.32 Å². The number of hydrogen-bond acceptors (Lipinski definition) is 2. The third-order valence-corrected chi connectivity index (χ3v) is 4.03. The van der Waals surface area contributed by atoms with E-state index in [1.165, 1.54) is 19.3 Å². The van der Waals surface area contributed by atoms with Crippen molar-refractivity contribution in [2.24, 2.45) is 17.8 Å². The maximum Gasteiger partial charge on any atom is 0.120 e. The van der Waals surface area contributed by atoms with Gasteiger partial charge in [-0.15, -0.1) is 0 Å². The maximum absolute atomic E-state index is 5.55. The highest BCUT2D eigenvalue weighted by atomic mass is 16.3. The molecule has 0 spiro atoms. The maximum atomic E-state index is 5.55. The van der Waals surface area contributed by atoms with E-state index in [0.29, 0.717) is 6.04 Å². The summed E-state index contributed by atoms with van der Waals surface area (Å²) in [6.45, 7) is 3.20. The number of nitrogens with one attached hydrogen (secondary N) is 1. The quantitative estimate of drug-likeness (QED) is 0.817.